The molecule has 182 valence electrons. The number of nitrogens with zero attached hydrogens (tertiary/aromatic N) is 5. The van der Waals surface area contributed by atoms with Crippen molar-refractivity contribution < 1.29 is 22.7 Å². The van der Waals surface area contributed by atoms with E-state index in [-0.39, 0.29) is 42.2 Å². The molecule has 0 bridgehead atoms. The maximum atomic E-state index is 14.9. The summed E-state index contributed by atoms with van der Waals surface area (Å²) in [4.78, 5) is 24.8. The largest absolute Gasteiger partial charge is 0.461 e. The minimum atomic E-state index is -0.782. The molecule has 4 rings (SSSR count). The van der Waals surface area contributed by atoms with Crippen LogP contribution in [0.5, 0.6) is 0 Å². The number of hydrogen-bond donors (Lipinski definition) is 0. The fraction of sp³-hybridized carbons (Fsp3) is 0.250. The van der Waals surface area contributed by atoms with Crippen LogP contribution in [0.1, 0.15) is 39.8 Å². The van der Waals surface area contributed by atoms with E-state index in [1.165, 1.54) is 22.9 Å². The number of hydrogen-bond acceptors (Lipinski definition) is 5. The molecule has 0 saturated heterocycles. The molecule has 2 aromatic carbocycles. The van der Waals surface area contributed by atoms with Crippen molar-refractivity contribution in [2.24, 2.45) is 0 Å². The van der Waals surface area contributed by atoms with E-state index in [2.05, 4.69) is 10.2 Å². The van der Waals surface area contributed by atoms with Crippen molar-refractivity contribution in [3.8, 4) is 5.69 Å². The van der Waals surface area contributed by atoms with Crippen LogP contribution in [0.4, 0.5) is 13.2 Å². The second-order valence-electron chi connectivity index (χ2n) is 7.87. The Kier molecular flexibility index (Phi) is 6.59. The lowest BCUT2D eigenvalue weighted by molar-refractivity contribution is 0.0517. The zero-order valence-electron chi connectivity index (χ0n) is 19.3. The van der Waals surface area contributed by atoms with Crippen LogP contribution in [0.3, 0.4) is 0 Å². The minimum absolute atomic E-state index is 0.0497. The van der Waals surface area contributed by atoms with Crippen molar-refractivity contribution in [3.05, 3.63) is 98.7 Å². The average Bonchev–Trinajstić information content (AvgIpc) is 3.32. The lowest BCUT2D eigenvalue weighted by Crippen LogP contribution is -2.25. The fourth-order valence-corrected chi connectivity index (χ4v) is 3.61. The average molecular weight is 485 g/mol. The molecule has 0 aliphatic carbocycles. The highest BCUT2D eigenvalue weighted by atomic mass is 19.1. The minimum Gasteiger partial charge on any atom is -0.461 e. The summed E-state index contributed by atoms with van der Waals surface area (Å²) in [6.45, 7) is 5.10. The number of halogens is 3. The molecule has 0 fully saturated rings. The lowest BCUT2D eigenvalue weighted by atomic mass is 10.2. The van der Waals surface area contributed by atoms with Crippen molar-refractivity contribution in [1.29, 1.82) is 0 Å². The molecule has 0 N–H and O–H groups in total. The topological polar surface area (TPSA) is 83.9 Å². The van der Waals surface area contributed by atoms with E-state index in [1.54, 1.807) is 20.8 Å². The smallest absolute Gasteiger partial charge is 0.359 e. The third kappa shape index (κ3) is 4.61. The van der Waals surface area contributed by atoms with Crippen molar-refractivity contribution in [2.45, 2.75) is 33.9 Å². The maximum Gasteiger partial charge on any atom is 0.359 e. The first-order chi connectivity index (χ1) is 16.7. The molecule has 35 heavy (non-hydrogen) atoms. The van der Waals surface area contributed by atoms with Crippen LogP contribution in [0, 0.1) is 31.3 Å². The molecule has 0 amide bonds. The number of esters is 1. The zero-order valence-corrected chi connectivity index (χ0v) is 19.3. The third-order valence-electron chi connectivity index (χ3n) is 5.70. The summed E-state index contributed by atoms with van der Waals surface area (Å²) in [5, 5.41) is 8.21. The van der Waals surface area contributed by atoms with Gasteiger partial charge in [0, 0.05) is 28.5 Å². The van der Waals surface area contributed by atoms with Crippen molar-refractivity contribution >= 4 is 5.97 Å². The second kappa shape index (κ2) is 9.61. The number of ether oxygens (including phenoxy) is 1. The quantitative estimate of drug-likeness (QED) is 0.374. The Morgan fingerprint density at radius 1 is 1.03 bits per heavy atom. The van der Waals surface area contributed by atoms with Gasteiger partial charge in [-0.05, 0) is 39.0 Å². The van der Waals surface area contributed by atoms with Gasteiger partial charge in [0.25, 0.3) is 0 Å². The number of benzene rings is 2. The van der Waals surface area contributed by atoms with Gasteiger partial charge in [0.15, 0.2) is 5.69 Å². The van der Waals surface area contributed by atoms with E-state index in [9.17, 15) is 22.8 Å². The predicted molar refractivity (Wildman–Crippen MR) is 120 cm³/mol. The molecule has 0 radical (unpaired) electrons. The molecule has 0 aliphatic rings. The number of carbonyl (C=O) groups is 1. The standard InChI is InChI=1S/C24H22F3N5O3/c1-4-35-23(33)22-14(2)15(3)31(29-22)11-16-8-9-17(10-21(16)27)32-24(34)30(13-28-32)12-18-19(25)6-5-7-20(18)26/h5-10,13H,4,11-12H2,1-3H3. The Bertz CT molecular complexity index is 1450. The summed E-state index contributed by atoms with van der Waals surface area (Å²) in [6.07, 6.45) is 1.13. The maximum absolute atomic E-state index is 14.9. The molecule has 2 heterocycles. The predicted octanol–water partition coefficient (Wildman–Crippen LogP) is 3.54. The number of rotatable bonds is 7. The Balaban J connectivity index is 1.59. The van der Waals surface area contributed by atoms with Gasteiger partial charge in [0.1, 0.15) is 23.8 Å². The Hall–Kier alpha value is -4.15. The van der Waals surface area contributed by atoms with Crippen LogP contribution in [0.15, 0.2) is 47.5 Å². The fourth-order valence-electron chi connectivity index (χ4n) is 3.61. The van der Waals surface area contributed by atoms with Crippen molar-refractivity contribution in [3.63, 3.8) is 0 Å². The molecule has 4 aromatic rings. The molecule has 0 saturated carbocycles. The van der Waals surface area contributed by atoms with E-state index in [0.717, 1.165) is 33.8 Å². The highest BCUT2D eigenvalue weighted by Gasteiger charge is 2.20. The Labute approximate surface area is 198 Å². The van der Waals surface area contributed by atoms with Crippen LogP contribution in [-0.4, -0.2) is 36.7 Å². The van der Waals surface area contributed by atoms with E-state index < -0.39 is 29.1 Å². The molecular formula is C24H22F3N5O3. The second-order valence-corrected chi connectivity index (χ2v) is 7.87. The zero-order chi connectivity index (χ0) is 25.3. The molecule has 0 atom stereocenters. The molecular weight excluding hydrogens is 463 g/mol. The summed E-state index contributed by atoms with van der Waals surface area (Å²) in [5.74, 6) is -2.73. The summed E-state index contributed by atoms with van der Waals surface area (Å²) < 4.78 is 51.3. The number of aromatic nitrogens is 5. The Morgan fingerprint density at radius 2 is 1.74 bits per heavy atom. The van der Waals surface area contributed by atoms with Gasteiger partial charge in [-0.3, -0.25) is 9.25 Å². The van der Waals surface area contributed by atoms with Crippen molar-refractivity contribution in [1.82, 2.24) is 24.1 Å². The third-order valence-corrected chi connectivity index (χ3v) is 5.70. The molecule has 8 nitrogen and oxygen atoms in total. The summed E-state index contributed by atoms with van der Waals surface area (Å²) in [6, 6.07) is 7.54. The van der Waals surface area contributed by atoms with E-state index in [1.807, 2.05) is 0 Å². The summed E-state index contributed by atoms with van der Waals surface area (Å²) in [7, 11) is 0. The van der Waals surface area contributed by atoms with Gasteiger partial charge in [0.05, 0.1) is 25.4 Å². The van der Waals surface area contributed by atoms with Gasteiger partial charge < -0.3 is 4.74 Å². The highest BCUT2D eigenvalue weighted by Crippen LogP contribution is 2.19. The first kappa shape index (κ1) is 24.0. The van der Waals surface area contributed by atoms with E-state index >= 15 is 0 Å². The molecule has 0 aliphatic heterocycles. The van der Waals surface area contributed by atoms with Crippen LogP contribution in [-0.2, 0) is 17.8 Å². The Morgan fingerprint density at radius 3 is 2.40 bits per heavy atom. The monoisotopic (exact) mass is 485 g/mol. The van der Waals surface area contributed by atoms with Crippen LogP contribution in [0.25, 0.3) is 5.69 Å². The highest BCUT2D eigenvalue weighted by molar-refractivity contribution is 5.89. The van der Waals surface area contributed by atoms with Crippen LogP contribution < -0.4 is 5.69 Å². The van der Waals surface area contributed by atoms with Gasteiger partial charge in [0.2, 0.25) is 0 Å². The van der Waals surface area contributed by atoms with Crippen LogP contribution >= 0.6 is 0 Å². The molecule has 2 aromatic heterocycles. The van der Waals surface area contributed by atoms with Gasteiger partial charge >= 0.3 is 11.7 Å². The van der Waals surface area contributed by atoms with E-state index in [4.69, 9.17) is 4.74 Å². The van der Waals surface area contributed by atoms with Gasteiger partial charge in [-0.1, -0.05) is 12.1 Å². The molecule has 0 unspecified atom stereocenters. The SMILES string of the molecule is CCOC(=O)c1nn(Cc2ccc(-n3ncn(Cc4c(F)cccc4F)c3=O)cc2F)c(C)c1C. The van der Waals surface area contributed by atoms with Gasteiger partial charge in [-0.2, -0.15) is 14.9 Å². The van der Waals surface area contributed by atoms with Crippen LogP contribution in [0.2, 0.25) is 0 Å². The normalized spacial score (nSPS) is 11.1. The summed E-state index contributed by atoms with van der Waals surface area (Å²) >= 11 is 0. The van der Waals surface area contributed by atoms with Gasteiger partial charge in [-0.15, -0.1) is 0 Å². The van der Waals surface area contributed by atoms with Gasteiger partial charge in [-0.25, -0.2) is 22.8 Å². The van der Waals surface area contributed by atoms with E-state index in [0.29, 0.717) is 11.3 Å². The number of carbonyl (C=O) groups excluding carboxylic acids is 1. The van der Waals surface area contributed by atoms with Crippen molar-refractivity contribution in [2.75, 3.05) is 6.61 Å². The lowest BCUT2D eigenvalue weighted by Gasteiger charge is -2.08. The summed E-state index contributed by atoms with van der Waals surface area (Å²) in [5.41, 5.74) is 0.959. The molecule has 0 spiro atoms. The first-order valence-electron chi connectivity index (χ1n) is 10.8. The first-order valence-corrected chi connectivity index (χ1v) is 10.8. The molecule has 11 heteroatoms.